The van der Waals surface area contributed by atoms with E-state index in [-0.39, 0.29) is 29.6 Å². The Bertz CT molecular complexity index is 1620. The van der Waals surface area contributed by atoms with Gasteiger partial charge in [-0.05, 0) is 72.4 Å². The second-order valence-electron chi connectivity index (χ2n) is 10.4. The van der Waals surface area contributed by atoms with Crippen molar-refractivity contribution in [2.75, 3.05) is 43.8 Å². The fraction of sp³-hybridized carbons (Fsp3) is 0.333. The average Bonchev–Trinajstić information content (AvgIpc) is 3.22. The molecule has 1 atom stereocenters. The van der Waals surface area contributed by atoms with Crippen LogP contribution in [0.25, 0.3) is 11.1 Å². The summed E-state index contributed by atoms with van der Waals surface area (Å²) in [5.74, 6) is 0.853. The predicted molar refractivity (Wildman–Crippen MR) is 170 cm³/mol. The average molecular weight is 603 g/mol. The number of aryl methyl sites for hydroxylation is 1. The number of carbonyl (C=O) groups excluding carboxylic acids is 3. The van der Waals surface area contributed by atoms with Crippen molar-refractivity contribution in [3.05, 3.63) is 69.9 Å². The Balaban J connectivity index is 1.57. The SMILES string of the molecule is COc1cc2c(c(OC)c1OC)-c1ccc(NCCCC(=O)Nc3cccc(NC(C)=O)c3)c(=O)cc1[C@@H](NC(C)=O)CC2. The lowest BCUT2D eigenvalue weighted by molar-refractivity contribution is -0.120. The molecule has 11 nitrogen and oxygen atoms in total. The first-order chi connectivity index (χ1) is 21.1. The van der Waals surface area contributed by atoms with Crippen molar-refractivity contribution in [3.63, 3.8) is 0 Å². The van der Waals surface area contributed by atoms with Crippen molar-refractivity contribution < 1.29 is 28.6 Å². The van der Waals surface area contributed by atoms with Crippen LogP contribution in [0.4, 0.5) is 17.1 Å². The molecular formula is C33H38N4O7. The van der Waals surface area contributed by atoms with Crippen LogP contribution < -0.4 is 40.9 Å². The number of benzene rings is 2. The summed E-state index contributed by atoms with van der Waals surface area (Å²) in [5.41, 5.74) is 4.40. The molecule has 3 aromatic carbocycles. The van der Waals surface area contributed by atoms with Crippen LogP contribution in [-0.2, 0) is 20.8 Å². The highest BCUT2D eigenvalue weighted by Crippen LogP contribution is 2.50. The molecule has 0 aromatic heterocycles. The molecule has 0 unspecified atom stereocenters. The van der Waals surface area contributed by atoms with Crippen LogP contribution in [0.2, 0.25) is 0 Å². The number of anilines is 3. The van der Waals surface area contributed by atoms with Gasteiger partial charge in [0.05, 0.1) is 33.1 Å². The van der Waals surface area contributed by atoms with E-state index < -0.39 is 6.04 Å². The number of hydrogen-bond acceptors (Lipinski definition) is 8. The fourth-order valence-electron chi connectivity index (χ4n) is 5.43. The van der Waals surface area contributed by atoms with E-state index in [9.17, 15) is 19.2 Å². The van der Waals surface area contributed by atoms with Crippen molar-refractivity contribution in [1.29, 1.82) is 0 Å². The highest BCUT2D eigenvalue weighted by molar-refractivity contribution is 5.93. The second-order valence-corrected chi connectivity index (χ2v) is 10.4. The summed E-state index contributed by atoms with van der Waals surface area (Å²) in [7, 11) is 4.65. The molecule has 232 valence electrons. The molecule has 0 aliphatic heterocycles. The maximum Gasteiger partial charge on any atom is 0.224 e. The third kappa shape index (κ3) is 7.47. The smallest absolute Gasteiger partial charge is 0.224 e. The molecular weight excluding hydrogens is 564 g/mol. The maximum absolute atomic E-state index is 13.4. The first-order valence-electron chi connectivity index (χ1n) is 14.3. The van der Waals surface area contributed by atoms with E-state index in [1.165, 1.54) is 21.0 Å². The first-order valence-corrected chi connectivity index (χ1v) is 14.3. The van der Waals surface area contributed by atoms with E-state index >= 15 is 0 Å². The van der Waals surface area contributed by atoms with Gasteiger partial charge in [0.2, 0.25) is 28.9 Å². The number of hydrogen-bond donors (Lipinski definition) is 4. The molecule has 3 amide bonds. The second kappa shape index (κ2) is 14.4. The van der Waals surface area contributed by atoms with Gasteiger partial charge in [0.15, 0.2) is 11.5 Å². The molecule has 0 bridgehead atoms. The van der Waals surface area contributed by atoms with E-state index in [4.69, 9.17) is 14.2 Å². The standard InChI is InChI=1S/C33H38N4O7/c1-19(38)35-22-8-6-9-23(17-22)37-30(41)10-7-15-34-27-14-12-24-25(18-28(27)40)26(36-20(2)39)13-11-21-16-29(42-3)32(43-4)33(44-5)31(21)24/h6,8-9,12,14,16-18,26H,7,10-11,13,15H2,1-5H3,(H,34,40)(H,35,38)(H,36,39)(H,37,41)/t26-/m0/s1. The van der Waals surface area contributed by atoms with Gasteiger partial charge in [0.1, 0.15) is 0 Å². The van der Waals surface area contributed by atoms with Crippen molar-refractivity contribution in [2.24, 2.45) is 0 Å². The van der Waals surface area contributed by atoms with Crippen molar-refractivity contribution in [1.82, 2.24) is 5.32 Å². The van der Waals surface area contributed by atoms with Crippen LogP contribution in [0, 0.1) is 0 Å². The summed E-state index contributed by atoms with van der Waals surface area (Å²) >= 11 is 0. The number of carbonyl (C=O) groups is 3. The topological polar surface area (TPSA) is 144 Å². The molecule has 4 rings (SSSR count). The third-order valence-corrected chi connectivity index (χ3v) is 7.28. The Morgan fingerprint density at radius 2 is 1.59 bits per heavy atom. The highest BCUT2D eigenvalue weighted by atomic mass is 16.5. The van der Waals surface area contributed by atoms with Crippen LogP contribution in [-0.4, -0.2) is 45.6 Å². The van der Waals surface area contributed by atoms with Crippen LogP contribution in [0.15, 0.2) is 53.3 Å². The Morgan fingerprint density at radius 3 is 2.25 bits per heavy atom. The molecule has 4 N–H and O–H groups in total. The van der Waals surface area contributed by atoms with Gasteiger partial charge in [-0.3, -0.25) is 19.2 Å². The summed E-state index contributed by atoms with van der Waals surface area (Å²) in [4.78, 5) is 49.4. The zero-order valence-electron chi connectivity index (χ0n) is 25.6. The predicted octanol–water partition coefficient (Wildman–Crippen LogP) is 4.65. The molecule has 1 aliphatic rings. The van der Waals surface area contributed by atoms with Gasteiger partial charge in [-0.1, -0.05) is 12.1 Å². The van der Waals surface area contributed by atoms with E-state index in [1.807, 2.05) is 12.1 Å². The molecule has 0 fully saturated rings. The largest absolute Gasteiger partial charge is 0.493 e. The molecule has 0 saturated heterocycles. The molecule has 1 aliphatic carbocycles. The normalized spacial score (nSPS) is 13.3. The lowest BCUT2D eigenvalue weighted by Gasteiger charge is -2.19. The molecule has 3 aromatic rings. The molecule has 0 heterocycles. The van der Waals surface area contributed by atoms with E-state index in [2.05, 4.69) is 21.3 Å². The molecule has 0 radical (unpaired) electrons. The number of amides is 3. The Labute approximate surface area is 256 Å². The van der Waals surface area contributed by atoms with Crippen LogP contribution in [0.1, 0.15) is 50.3 Å². The van der Waals surface area contributed by atoms with Gasteiger partial charge < -0.3 is 35.5 Å². The van der Waals surface area contributed by atoms with Gasteiger partial charge in [0, 0.05) is 43.8 Å². The lowest BCUT2D eigenvalue weighted by Crippen LogP contribution is -2.26. The Hall–Kier alpha value is -5.06. The van der Waals surface area contributed by atoms with E-state index in [0.29, 0.717) is 65.7 Å². The monoisotopic (exact) mass is 602 g/mol. The van der Waals surface area contributed by atoms with Crippen molar-refractivity contribution >= 4 is 34.8 Å². The number of fused-ring (bicyclic) bond motifs is 3. The van der Waals surface area contributed by atoms with Gasteiger partial charge in [-0.15, -0.1) is 0 Å². The summed E-state index contributed by atoms with van der Waals surface area (Å²) in [5, 5.41) is 11.7. The first kappa shape index (κ1) is 31.9. The molecule has 0 spiro atoms. The minimum atomic E-state index is -0.405. The van der Waals surface area contributed by atoms with Gasteiger partial charge in [-0.25, -0.2) is 0 Å². The zero-order chi connectivity index (χ0) is 31.8. The summed E-state index contributed by atoms with van der Waals surface area (Å²) in [6.45, 7) is 3.25. The number of methoxy groups -OCH3 is 3. The number of rotatable bonds is 11. The van der Waals surface area contributed by atoms with E-state index in [1.54, 1.807) is 50.6 Å². The van der Waals surface area contributed by atoms with Gasteiger partial charge >= 0.3 is 0 Å². The van der Waals surface area contributed by atoms with E-state index in [0.717, 1.165) is 16.7 Å². The molecule has 44 heavy (non-hydrogen) atoms. The minimum Gasteiger partial charge on any atom is -0.493 e. The maximum atomic E-state index is 13.4. The lowest BCUT2D eigenvalue weighted by atomic mass is 9.95. The Kier molecular flexibility index (Phi) is 10.4. The van der Waals surface area contributed by atoms with Crippen molar-refractivity contribution in [2.45, 2.75) is 45.6 Å². The van der Waals surface area contributed by atoms with Crippen LogP contribution in [0.5, 0.6) is 17.2 Å². The molecule has 11 heteroatoms. The van der Waals surface area contributed by atoms with Gasteiger partial charge in [-0.2, -0.15) is 0 Å². The quantitative estimate of drug-likeness (QED) is 0.232. The summed E-state index contributed by atoms with van der Waals surface area (Å²) < 4.78 is 17.0. The third-order valence-electron chi connectivity index (χ3n) is 7.28. The number of nitrogens with one attached hydrogen (secondary N) is 4. The van der Waals surface area contributed by atoms with Crippen molar-refractivity contribution in [3.8, 4) is 28.4 Å². The highest BCUT2D eigenvalue weighted by Gasteiger charge is 2.29. The summed E-state index contributed by atoms with van der Waals surface area (Å²) in [6.07, 6.45) is 1.86. The van der Waals surface area contributed by atoms with Gasteiger partial charge in [0.25, 0.3) is 0 Å². The Morgan fingerprint density at radius 1 is 0.864 bits per heavy atom. The van der Waals surface area contributed by atoms with Crippen LogP contribution in [0.3, 0.4) is 0 Å². The molecule has 0 saturated carbocycles. The zero-order valence-corrected chi connectivity index (χ0v) is 25.6. The summed E-state index contributed by atoms with van der Waals surface area (Å²) in [6, 6.07) is 13.5. The van der Waals surface area contributed by atoms with Crippen LogP contribution >= 0.6 is 0 Å². The number of ether oxygens (including phenoxy) is 3. The minimum absolute atomic E-state index is 0.189. The fourth-order valence-corrected chi connectivity index (χ4v) is 5.43.